The molecule has 110 valence electrons. The Morgan fingerprint density at radius 2 is 1.95 bits per heavy atom. The third-order valence-electron chi connectivity index (χ3n) is 3.81. The van der Waals surface area contributed by atoms with E-state index in [0.29, 0.717) is 11.1 Å². The zero-order valence-corrected chi connectivity index (χ0v) is 12.1. The number of benzene rings is 2. The Labute approximate surface area is 126 Å². The van der Waals surface area contributed by atoms with Crippen molar-refractivity contribution in [1.82, 2.24) is 9.13 Å². The van der Waals surface area contributed by atoms with Crippen molar-refractivity contribution in [2.24, 2.45) is 7.05 Å². The molecule has 0 amide bonds. The van der Waals surface area contributed by atoms with Crippen LogP contribution in [0.25, 0.3) is 22.2 Å². The number of rotatable bonds is 3. The van der Waals surface area contributed by atoms with Gasteiger partial charge in [-0.3, -0.25) is 9.13 Å². The van der Waals surface area contributed by atoms with Crippen molar-refractivity contribution in [3.63, 3.8) is 0 Å². The van der Waals surface area contributed by atoms with Crippen LogP contribution in [0.15, 0.2) is 47.3 Å². The third-order valence-corrected chi connectivity index (χ3v) is 3.81. The molecule has 0 N–H and O–H groups in total. The molecule has 0 aliphatic heterocycles. The molecule has 0 radical (unpaired) electrons. The molecule has 0 aliphatic rings. The van der Waals surface area contributed by atoms with Crippen LogP contribution in [0.5, 0.6) is 0 Å². The smallest absolute Gasteiger partial charge is 0.295 e. The molecule has 0 atom stereocenters. The SMILES string of the molecule is Cn1c(=O)n(CCF)c2ccc(-c3ccccc3C#N)cc21. The van der Waals surface area contributed by atoms with E-state index in [1.165, 1.54) is 9.13 Å². The van der Waals surface area contributed by atoms with Gasteiger partial charge in [0.1, 0.15) is 6.67 Å². The predicted molar refractivity (Wildman–Crippen MR) is 83.3 cm³/mol. The normalized spacial score (nSPS) is 10.8. The summed E-state index contributed by atoms with van der Waals surface area (Å²) in [6.07, 6.45) is 0. The maximum atomic E-state index is 12.6. The molecule has 1 heterocycles. The van der Waals surface area contributed by atoms with Gasteiger partial charge >= 0.3 is 5.69 Å². The number of nitriles is 1. The van der Waals surface area contributed by atoms with Crippen LogP contribution in [-0.2, 0) is 13.6 Å². The molecule has 1 aromatic heterocycles. The second-order valence-corrected chi connectivity index (χ2v) is 5.04. The first-order valence-electron chi connectivity index (χ1n) is 6.92. The van der Waals surface area contributed by atoms with E-state index in [1.807, 2.05) is 30.3 Å². The molecule has 4 nitrogen and oxygen atoms in total. The topological polar surface area (TPSA) is 50.7 Å². The van der Waals surface area contributed by atoms with Gasteiger partial charge in [0.25, 0.3) is 0 Å². The van der Waals surface area contributed by atoms with Gasteiger partial charge in [0, 0.05) is 7.05 Å². The van der Waals surface area contributed by atoms with Gasteiger partial charge in [-0.25, -0.2) is 9.18 Å². The van der Waals surface area contributed by atoms with Crippen LogP contribution in [0.3, 0.4) is 0 Å². The zero-order chi connectivity index (χ0) is 15.7. The average Bonchev–Trinajstić information content (AvgIpc) is 2.80. The van der Waals surface area contributed by atoms with Crippen LogP contribution in [0, 0.1) is 11.3 Å². The van der Waals surface area contributed by atoms with Crippen molar-refractivity contribution in [3.05, 3.63) is 58.5 Å². The summed E-state index contributed by atoms with van der Waals surface area (Å²) in [6, 6.07) is 15.0. The average molecular weight is 295 g/mol. The molecule has 0 unspecified atom stereocenters. The van der Waals surface area contributed by atoms with Crippen molar-refractivity contribution in [3.8, 4) is 17.2 Å². The van der Waals surface area contributed by atoms with Gasteiger partial charge in [-0.05, 0) is 29.3 Å². The predicted octanol–water partition coefficient (Wildman–Crippen LogP) is 2.85. The molecule has 22 heavy (non-hydrogen) atoms. The molecule has 0 aliphatic carbocycles. The van der Waals surface area contributed by atoms with Crippen molar-refractivity contribution < 1.29 is 4.39 Å². The fourth-order valence-electron chi connectivity index (χ4n) is 2.71. The molecule has 0 bridgehead atoms. The Morgan fingerprint density at radius 3 is 2.68 bits per heavy atom. The molecule has 3 rings (SSSR count). The molecule has 0 saturated carbocycles. The van der Waals surface area contributed by atoms with E-state index < -0.39 is 6.67 Å². The lowest BCUT2D eigenvalue weighted by molar-refractivity contribution is 0.443. The van der Waals surface area contributed by atoms with Gasteiger partial charge in [0.05, 0.1) is 29.2 Å². The number of halogens is 1. The van der Waals surface area contributed by atoms with Gasteiger partial charge < -0.3 is 0 Å². The summed E-state index contributed by atoms with van der Waals surface area (Å²) in [5, 5.41) is 9.21. The quantitative estimate of drug-likeness (QED) is 0.746. The molecular formula is C17H14FN3O. The van der Waals surface area contributed by atoms with Crippen LogP contribution >= 0.6 is 0 Å². The lowest BCUT2D eigenvalue weighted by Gasteiger charge is -2.05. The zero-order valence-electron chi connectivity index (χ0n) is 12.1. The maximum absolute atomic E-state index is 12.6. The number of imidazole rings is 1. The number of aromatic nitrogens is 2. The van der Waals surface area contributed by atoms with Gasteiger partial charge in [0.2, 0.25) is 0 Å². The number of aryl methyl sites for hydroxylation is 2. The van der Waals surface area contributed by atoms with Crippen molar-refractivity contribution in [2.45, 2.75) is 6.54 Å². The molecule has 3 aromatic rings. The van der Waals surface area contributed by atoms with Crippen molar-refractivity contribution in [1.29, 1.82) is 5.26 Å². The first-order valence-corrected chi connectivity index (χ1v) is 6.92. The fraction of sp³-hybridized carbons (Fsp3) is 0.176. The molecule has 2 aromatic carbocycles. The molecule has 0 saturated heterocycles. The highest BCUT2D eigenvalue weighted by Gasteiger charge is 2.12. The Kier molecular flexibility index (Phi) is 3.51. The van der Waals surface area contributed by atoms with E-state index in [2.05, 4.69) is 6.07 Å². The minimum atomic E-state index is -0.585. The number of nitrogens with zero attached hydrogens (tertiary/aromatic N) is 3. The van der Waals surface area contributed by atoms with Crippen LogP contribution < -0.4 is 5.69 Å². The molecule has 0 spiro atoms. The second kappa shape index (κ2) is 5.49. The van der Waals surface area contributed by atoms with Crippen LogP contribution in [0.4, 0.5) is 4.39 Å². The van der Waals surface area contributed by atoms with E-state index in [-0.39, 0.29) is 12.2 Å². The summed E-state index contributed by atoms with van der Waals surface area (Å²) in [7, 11) is 1.67. The lowest BCUT2D eigenvalue weighted by Crippen LogP contribution is -2.22. The molecule has 0 fully saturated rings. The van der Waals surface area contributed by atoms with Crippen molar-refractivity contribution in [2.75, 3.05) is 6.67 Å². The number of hydrogen-bond donors (Lipinski definition) is 0. The molecule has 5 heteroatoms. The Morgan fingerprint density at radius 1 is 1.18 bits per heavy atom. The van der Waals surface area contributed by atoms with Gasteiger partial charge in [-0.15, -0.1) is 0 Å². The second-order valence-electron chi connectivity index (χ2n) is 5.04. The van der Waals surface area contributed by atoms with E-state index in [9.17, 15) is 14.4 Å². The Balaban J connectivity index is 2.26. The third kappa shape index (κ3) is 2.09. The fourth-order valence-corrected chi connectivity index (χ4v) is 2.71. The van der Waals surface area contributed by atoms with E-state index in [1.54, 1.807) is 19.2 Å². The maximum Gasteiger partial charge on any atom is 0.328 e. The Bertz CT molecular complexity index is 947. The Hall–Kier alpha value is -2.87. The summed E-state index contributed by atoms with van der Waals surface area (Å²) in [6.45, 7) is -0.539. The van der Waals surface area contributed by atoms with Crippen LogP contribution in [0.1, 0.15) is 5.56 Å². The first kappa shape index (κ1) is 14.1. The van der Waals surface area contributed by atoms with Crippen molar-refractivity contribution >= 4 is 11.0 Å². The lowest BCUT2D eigenvalue weighted by atomic mass is 10.00. The summed E-state index contributed by atoms with van der Waals surface area (Å²) in [5.74, 6) is 0. The summed E-state index contributed by atoms with van der Waals surface area (Å²) in [5.41, 5.74) is 3.44. The van der Waals surface area contributed by atoms with Gasteiger partial charge in [-0.2, -0.15) is 5.26 Å². The summed E-state index contributed by atoms with van der Waals surface area (Å²) < 4.78 is 15.6. The minimum absolute atomic E-state index is 0.0459. The van der Waals surface area contributed by atoms with E-state index in [0.717, 1.165) is 16.6 Å². The summed E-state index contributed by atoms with van der Waals surface area (Å²) >= 11 is 0. The first-order chi connectivity index (χ1) is 10.7. The largest absolute Gasteiger partial charge is 0.328 e. The standard InChI is InChI=1S/C17H14FN3O/c1-20-16-10-12(14-5-3-2-4-13(14)11-19)6-7-15(16)21(9-8-18)17(20)22/h2-7,10H,8-9H2,1H3. The monoisotopic (exact) mass is 295 g/mol. The molecular weight excluding hydrogens is 281 g/mol. The number of fused-ring (bicyclic) bond motifs is 1. The highest BCUT2D eigenvalue weighted by Crippen LogP contribution is 2.26. The van der Waals surface area contributed by atoms with Crippen LogP contribution in [0.2, 0.25) is 0 Å². The highest BCUT2D eigenvalue weighted by molar-refractivity contribution is 5.84. The van der Waals surface area contributed by atoms with Gasteiger partial charge in [-0.1, -0.05) is 24.3 Å². The van der Waals surface area contributed by atoms with Gasteiger partial charge in [0.15, 0.2) is 0 Å². The van der Waals surface area contributed by atoms with E-state index in [4.69, 9.17) is 0 Å². The number of hydrogen-bond acceptors (Lipinski definition) is 2. The summed E-state index contributed by atoms with van der Waals surface area (Å²) in [4.78, 5) is 12.2. The minimum Gasteiger partial charge on any atom is -0.295 e. The number of alkyl halides is 1. The van der Waals surface area contributed by atoms with Crippen LogP contribution in [-0.4, -0.2) is 15.8 Å². The van der Waals surface area contributed by atoms with E-state index >= 15 is 0 Å². The highest BCUT2D eigenvalue weighted by atomic mass is 19.1.